The molecule has 1 aliphatic rings. The van der Waals surface area contributed by atoms with Crippen LogP contribution < -0.4 is 21.3 Å². The molecule has 1 saturated heterocycles. The summed E-state index contributed by atoms with van der Waals surface area (Å²) in [6.07, 6.45) is 1.05. The minimum atomic E-state index is 0.255. The minimum Gasteiger partial charge on any atom is -0.464 e. The predicted molar refractivity (Wildman–Crippen MR) is 66.2 cm³/mol. The van der Waals surface area contributed by atoms with Crippen molar-refractivity contribution in [2.75, 3.05) is 37.1 Å². The summed E-state index contributed by atoms with van der Waals surface area (Å²) in [5.74, 6) is 6.52. The first-order chi connectivity index (χ1) is 8.81. The quantitative estimate of drug-likeness (QED) is 0.481. The van der Waals surface area contributed by atoms with E-state index in [4.69, 9.17) is 15.3 Å². The van der Waals surface area contributed by atoms with Crippen molar-refractivity contribution < 1.29 is 9.47 Å². The van der Waals surface area contributed by atoms with Crippen molar-refractivity contribution in [3.05, 3.63) is 0 Å². The van der Waals surface area contributed by atoms with Crippen molar-refractivity contribution >= 4 is 11.9 Å². The standard InChI is InChI=1S/C10H18N6O2/c1-2-18-10-14-8(13-9(15-10)16-11)12-5-7-3-4-17-6-7/h7H,2-6,11H2,1H3,(H2,12,13,14,15,16). The third kappa shape index (κ3) is 3.41. The molecule has 0 aromatic carbocycles. The van der Waals surface area contributed by atoms with Gasteiger partial charge in [-0.25, -0.2) is 5.84 Å². The second kappa shape index (κ2) is 6.31. The molecular weight excluding hydrogens is 236 g/mol. The molecule has 8 heteroatoms. The van der Waals surface area contributed by atoms with E-state index in [-0.39, 0.29) is 12.0 Å². The van der Waals surface area contributed by atoms with Crippen molar-refractivity contribution in [3.8, 4) is 6.01 Å². The Balaban J connectivity index is 1.98. The van der Waals surface area contributed by atoms with Gasteiger partial charge in [-0.05, 0) is 13.3 Å². The first-order valence-electron chi connectivity index (χ1n) is 5.99. The van der Waals surface area contributed by atoms with Crippen LogP contribution in [0.2, 0.25) is 0 Å². The fourth-order valence-corrected chi connectivity index (χ4v) is 1.67. The maximum atomic E-state index is 5.30. The SMILES string of the molecule is CCOc1nc(NN)nc(NCC2CCOC2)n1. The molecular formula is C10H18N6O2. The molecule has 8 nitrogen and oxygen atoms in total. The third-order valence-corrected chi connectivity index (χ3v) is 2.59. The number of nitrogens with one attached hydrogen (secondary N) is 2. The van der Waals surface area contributed by atoms with Crippen molar-refractivity contribution in [2.45, 2.75) is 13.3 Å². The molecule has 100 valence electrons. The predicted octanol–water partition coefficient (Wildman–Crippen LogP) is 0.00430. The summed E-state index contributed by atoms with van der Waals surface area (Å²) in [5, 5.41) is 3.14. The van der Waals surface area contributed by atoms with Gasteiger partial charge in [0.2, 0.25) is 11.9 Å². The number of hydrogen-bond donors (Lipinski definition) is 3. The summed E-state index contributed by atoms with van der Waals surface area (Å²) in [6.45, 7) is 4.72. The van der Waals surface area contributed by atoms with Gasteiger partial charge in [0.15, 0.2) is 0 Å². The number of nitrogens with zero attached hydrogens (tertiary/aromatic N) is 3. The zero-order valence-electron chi connectivity index (χ0n) is 10.3. The van der Waals surface area contributed by atoms with Crippen molar-refractivity contribution in [1.29, 1.82) is 0 Å². The molecule has 1 aliphatic heterocycles. The van der Waals surface area contributed by atoms with Crippen LogP contribution in [0.4, 0.5) is 11.9 Å². The Morgan fingerprint density at radius 2 is 2.22 bits per heavy atom. The molecule has 1 aromatic heterocycles. The summed E-state index contributed by atoms with van der Waals surface area (Å²) in [5.41, 5.74) is 2.39. The molecule has 1 fully saturated rings. The molecule has 18 heavy (non-hydrogen) atoms. The molecule has 1 unspecified atom stereocenters. The Morgan fingerprint density at radius 1 is 1.39 bits per heavy atom. The van der Waals surface area contributed by atoms with Crippen molar-refractivity contribution in [2.24, 2.45) is 11.8 Å². The lowest BCUT2D eigenvalue weighted by Gasteiger charge is -2.11. The van der Waals surface area contributed by atoms with Gasteiger partial charge in [0, 0.05) is 19.1 Å². The summed E-state index contributed by atoms with van der Waals surface area (Å²) < 4.78 is 10.5. The van der Waals surface area contributed by atoms with E-state index in [9.17, 15) is 0 Å². The summed E-state index contributed by atoms with van der Waals surface area (Å²) in [6, 6.07) is 0.255. The van der Waals surface area contributed by atoms with E-state index >= 15 is 0 Å². The van der Waals surface area contributed by atoms with E-state index in [1.54, 1.807) is 0 Å². The summed E-state index contributed by atoms with van der Waals surface area (Å²) >= 11 is 0. The molecule has 0 aliphatic carbocycles. The average Bonchev–Trinajstić information content (AvgIpc) is 2.89. The van der Waals surface area contributed by atoms with Crippen molar-refractivity contribution in [3.63, 3.8) is 0 Å². The van der Waals surface area contributed by atoms with E-state index in [0.717, 1.165) is 26.2 Å². The number of rotatable bonds is 6. The van der Waals surface area contributed by atoms with Gasteiger partial charge < -0.3 is 14.8 Å². The molecule has 0 bridgehead atoms. The zero-order chi connectivity index (χ0) is 12.8. The van der Waals surface area contributed by atoms with Gasteiger partial charge in [-0.3, -0.25) is 5.43 Å². The van der Waals surface area contributed by atoms with Crippen LogP contribution in [-0.4, -0.2) is 41.3 Å². The lowest BCUT2D eigenvalue weighted by atomic mass is 10.1. The first kappa shape index (κ1) is 12.8. The maximum Gasteiger partial charge on any atom is 0.323 e. The first-order valence-corrected chi connectivity index (χ1v) is 5.99. The van der Waals surface area contributed by atoms with Crippen LogP contribution >= 0.6 is 0 Å². The van der Waals surface area contributed by atoms with E-state index < -0.39 is 0 Å². The number of hydrogen-bond acceptors (Lipinski definition) is 8. The fraction of sp³-hybridized carbons (Fsp3) is 0.700. The Labute approximate surface area is 105 Å². The number of anilines is 2. The Kier molecular flexibility index (Phi) is 4.48. The highest BCUT2D eigenvalue weighted by Gasteiger charge is 2.16. The number of nitrogen functional groups attached to an aromatic ring is 1. The fourth-order valence-electron chi connectivity index (χ4n) is 1.67. The molecule has 0 saturated carbocycles. The van der Waals surface area contributed by atoms with Crippen LogP contribution in [0.15, 0.2) is 0 Å². The molecule has 1 aromatic rings. The van der Waals surface area contributed by atoms with Crippen LogP contribution in [0.5, 0.6) is 6.01 Å². The number of ether oxygens (including phenoxy) is 2. The summed E-state index contributed by atoms with van der Waals surface area (Å²) in [4.78, 5) is 12.2. The van der Waals surface area contributed by atoms with Gasteiger partial charge in [0.05, 0.1) is 13.2 Å². The van der Waals surface area contributed by atoms with Gasteiger partial charge in [-0.15, -0.1) is 0 Å². The second-order valence-corrected chi connectivity index (χ2v) is 3.95. The van der Waals surface area contributed by atoms with Crippen LogP contribution in [-0.2, 0) is 4.74 Å². The van der Waals surface area contributed by atoms with E-state index in [2.05, 4.69) is 25.7 Å². The molecule has 2 heterocycles. The second-order valence-electron chi connectivity index (χ2n) is 3.95. The third-order valence-electron chi connectivity index (χ3n) is 2.59. The maximum absolute atomic E-state index is 5.30. The van der Waals surface area contributed by atoms with Gasteiger partial charge >= 0.3 is 6.01 Å². The zero-order valence-corrected chi connectivity index (χ0v) is 10.3. The van der Waals surface area contributed by atoms with Gasteiger partial charge in [0.1, 0.15) is 0 Å². The Hall–Kier alpha value is -1.67. The lowest BCUT2D eigenvalue weighted by Crippen LogP contribution is -2.18. The van der Waals surface area contributed by atoms with Gasteiger partial charge in [-0.1, -0.05) is 0 Å². The van der Waals surface area contributed by atoms with Crippen LogP contribution in [0.1, 0.15) is 13.3 Å². The molecule has 0 radical (unpaired) electrons. The Bertz CT molecular complexity index is 383. The highest BCUT2D eigenvalue weighted by molar-refractivity contribution is 5.34. The van der Waals surface area contributed by atoms with Crippen LogP contribution in [0, 0.1) is 5.92 Å². The number of nitrogens with two attached hydrogens (primary N) is 1. The van der Waals surface area contributed by atoms with Crippen molar-refractivity contribution in [1.82, 2.24) is 15.0 Å². The van der Waals surface area contributed by atoms with Gasteiger partial charge in [-0.2, -0.15) is 15.0 Å². The minimum absolute atomic E-state index is 0.255. The van der Waals surface area contributed by atoms with E-state index in [1.807, 2.05) is 6.92 Å². The average molecular weight is 254 g/mol. The normalized spacial score (nSPS) is 18.7. The van der Waals surface area contributed by atoms with Gasteiger partial charge in [0.25, 0.3) is 0 Å². The smallest absolute Gasteiger partial charge is 0.323 e. The monoisotopic (exact) mass is 254 g/mol. The lowest BCUT2D eigenvalue weighted by molar-refractivity contribution is 0.187. The molecule has 0 spiro atoms. The summed E-state index contributed by atoms with van der Waals surface area (Å²) in [7, 11) is 0. The largest absolute Gasteiger partial charge is 0.464 e. The highest BCUT2D eigenvalue weighted by atomic mass is 16.5. The Morgan fingerprint density at radius 3 is 2.89 bits per heavy atom. The molecule has 4 N–H and O–H groups in total. The van der Waals surface area contributed by atoms with Crippen LogP contribution in [0.25, 0.3) is 0 Å². The van der Waals surface area contributed by atoms with Crippen LogP contribution in [0.3, 0.4) is 0 Å². The topological polar surface area (TPSA) is 107 Å². The highest BCUT2D eigenvalue weighted by Crippen LogP contribution is 2.14. The van der Waals surface area contributed by atoms with E-state index in [1.165, 1.54) is 0 Å². The van der Waals surface area contributed by atoms with E-state index in [0.29, 0.717) is 18.5 Å². The number of aromatic nitrogens is 3. The molecule has 0 amide bonds. The molecule has 2 rings (SSSR count). The number of hydrazine groups is 1. The molecule has 1 atom stereocenters.